The first-order valence-electron chi connectivity index (χ1n) is 11.3. The van der Waals surface area contributed by atoms with Crippen LogP contribution in [0.5, 0.6) is 0 Å². The maximum atomic E-state index is 14.3. The summed E-state index contributed by atoms with van der Waals surface area (Å²) in [5, 5.41) is 6.86. The number of amides is 2. The van der Waals surface area contributed by atoms with Crippen LogP contribution in [-0.4, -0.2) is 46.4 Å². The predicted octanol–water partition coefficient (Wildman–Crippen LogP) is 4.54. The molecule has 0 unspecified atom stereocenters. The maximum Gasteiger partial charge on any atom is 0.435 e. The molecule has 1 fully saturated rings. The van der Waals surface area contributed by atoms with Crippen LogP contribution in [0.15, 0.2) is 18.2 Å². The van der Waals surface area contributed by atoms with Gasteiger partial charge in [-0.2, -0.15) is 18.3 Å². The molecule has 190 valence electrons. The second-order valence-corrected chi connectivity index (χ2v) is 9.29. The van der Waals surface area contributed by atoms with Crippen molar-refractivity contribution in [3.63, 3.8) is 0 Å². The highest BCUT2D eigenvalue weighted by atomic mass is 35.5. The minimum absolute atomic E-state index is 0.0181. The number of carbonyl (C=O) groups is 2. The zero-order chi connectivity index (χ0) is 25.3. The van der Waals surface area contributed by atoms with Crippen molar-refractivity contribution < 1.29 is 31.9 Å². The van der Waals surface area contributed by atoms with Crippen molar-refractivity contribution in [2.45, 2.75) is 57.4 Å². The molecule has 0 radical (unpaired) electrons. The number of nitrogens with one attached hydrogen (secondary N) is 1. The Morgan fingerprint density at radius 3 is 2.57 bits per heavy atom. The van der Waals surface area contributed by atoms with E-state index in [-0.39, 0.29) is 65.8 Å². The molecule has 7 nitrogen and oxygen atoms in total. The van der Waals surface area contributed by atoms with Crippen molar-refractivity contribution in [1.29, 1.82) is 0 Å². The number of methoxy groups -OCH3 is 1. The van der Waals surface area contributed by atoms with E-state index in [1.807, 2.05) is 0 Å². The zero-order valence-corrected chi connectivity index (χ0v) is 19.8. The summed E-state index contributed by atoms with van der Waals surface area (Å²) in [6, 6.07) is 3.41. The maximum absolute atomic E-state index is 14.3. The second kappa shape index (κ2) is 10.0. The number of fused-ring (bicyclic) bond motifs is 1. The van der Waals surface area contributed by atoms with Gasteiger partial charge in [0.15, 0.2) is 5.69 Å². The van der Waals surface area contributed by atoms with E-state index in [0.29, 0.717) is 25.7 Å². The molecule has 2 amide bonds. The average molecular weight is 517 g/mol. The lowest BCUT2D eigenvalue weighted by Gasteiger charge is -2.32. The number of benzene rings is 1. The molecule has 1 saturated carbocycles. The fraction of sp³-hybridized carbons (Fsp3) is 0.522. The predicted molar refractivity (Wildman–Crippen MR) is 118 cm³/mol. The molecule has 1 N–H and O–H groups in total. The number of carbonyl (C=O) groups excluding carboxylic acids is 2. The zero-order valence-electron chi connectivity index (χ0n) is 19.0. The lowest BCUT2D eigenvalue weighted by molar-refractivity contribution is -0.146. The Bertz CT molecular complexity index is 1110. The summed E-state index contributed by atoms with van der Waals surface area (Å²) >= 11 is 5.78. The van der Waals surface area contributed by atoms with Crippen molar-refractivity contribution in [3.8, 4) is 0 Å². The van der Waals surface area contributed by atoms with Gasteiger partial charge in [-0.15, -0.1) is 0 Å². The van der Waals surface area contributed by atoms with Crippen LogP contribution < -0.4 is 5.32 Å². The van der Waals surface area contributed by atoms with Crippen LogP contribution in [0.25, 0.3) is 0 Å². The summed E-state index contributed by atoms with van der Waals surface area (Å²) in [7, 11) is 1.34. The average Bonchev–Trinajstić information content (AvgIpc) is 3.19. The fourth-order valence-electron chi connectivity index (χ4n) is 4.73. The molecule has 1 aliphatic carbocycles. The van der Waals surface area contributed by atoms with E-state index < -0.39 is 23.7 Å². The Labute approximate surface area is 204 Å². The summed E-state index contributed by atoms with van der Waals surface area (Å²) in [6.45, 7) is -0.216. The van der Waals surface area contributed by atoms with Gasteiger partial charge >= 0.3 is 18.2 Å². The number of halogens is 5. The van der Waals surface area contributed by atoms with Crippen LogP contribution in [0.2, 0.25) is 5.02 Å². The van der Waals surface area contributed by atoms with Gasteiger partial charge in [0.05, 0.1) is 31.8 Å². The van der Waals surface area contributed by atoms with E-state index in [9.17, 15) is 27.2 Å². The van der Waals surface area contributed by atoms with Crippen LogP contribution in [0.1, 0.15) is 48.2 Å². The molecular weight excluding hydrogens is 492 g/mol. The summed E-state index contributed by atoms with van der Waals surface area (Å²) in [5.74, 6) is -1.10. The molecule has 0 spiro atoms. The minimum Gasteiger partial charge on any atom is -0.469 e. The third-order valence-electron chi connectivity index (χ3n) is 6.62. The van der Waals surface area contributed by atoms with Gasteiger partial charge in [0.25, 0.3) is 0 Å². The van der Waals surface area contributed by atoms with Crippen LogP contribution in [0.3, 0.4) is 0 Å². The van der Waals surface area contributed by atoms with Crippen LogP contribution >= 0.6 is 11.6 Å². The first-order chi connectivity index (χ1) is 16.6. The summed E-state index contributed by atoms with van der Waals surface area (Å²) in [6.07, 6.45) is -2.29. The Kier molecular flexibility index (Phi) is 7.25. The standard InChI is InChI=1S/C23H25ClF4N4O3/c1-35-21(33)13-3-6-16(7-4-13)29-22(34)31-9-8-17-19(12-31)32(30-20(17)23(26,27)28)11-14-2-5-15(24)10-18(14)25/h2,5,10,13,16H,3-4,6-9,11-12H2,1H3,(H,29,34)/t13-,16-. The Morgan fingerprint density at radius 2 is 1.94 bits per heavy atom. The number of urea groups is 1. The van der Waals surface area contributed by atoms with Gasteiger partial charge in [-0.05, 0) is 44.2 Å². The molecule has 2 aromatic rings. The molecule has 1 aliphatic heterocycles. The Morgan fingerprint density at radius 1 is 1.23 bits per heavy atom. The summed E-state index contributed by atoms with van der Waals surface area (Å²) < 4.78 is 61.2. The molecular formula is C23H25ClF4N4O3. The summed E-state index contributed by atoms with van der Waals surface area (Å²) in [4.78, 5) is 26.0. The molecule has 35 heavy (non-hydrogen) atoms. The number of hydrogen-bond acceptors (Lipinski definition) is 4. The summed E-state index contributed by atoms with van der Waals surface area (Å²) in [5.41, 5.74) is -0.627. The van der Waals surface area contributed by atoms with Gasteiger partial charge in [-0.1, -0.05) is 17.7 Å². The highest BCUT2D eigenvalue weighted by Crippen LogP contribution is 2.35. The molecule has 0 bridgehead atoms. The number of rotatable bonds is 4. The number of ether oxygens (including phenoxy) is 1. The van der Waals surface area contributed by atoms with E-state index in [1.54, 1.807) is 0 Å². The van der Waals surface area contributed by atoms with Crippen LogP contribution in [0.4, 0.5) is 22.4 Å². The molecule has 1 aromatic carbocycles. The molecule has 2 heterocycles. The lowest BCUT2D eigenvalue weighted by atomic mass is 9.86. The number of alkyl halides is 3. The molecule has 2 aliphatic rings. The van der Waals surface area contributed by atoms with Gasteiger partial charge in [0.1, 0.15) is 5.82 Å². The van der Waals surface area contributed by atoms with Crippen molar-refractivity contribution >= 4 is 23.6 Å². The minimum atomic E-state index is -4.67. The highest BCUT2D eigenvalue weighted by Gasteiger charge is 2.41. The number of esters is 1. The number of hydrogen-bond donors (Lipinski definition) is 1. The van der Waals surface area contributed by atoms with E-state index in [0.717, 1.165) is 10.7 Å². The third kappa shape index (κ3) is 5.55. The van der Waals surface area contributed by atoms with Gasteiger partial charge in [0, 0.05) is 28.7 Å². The highest BCUT2D eigenvalue weighted by molar-refractivity contribution is 6.30. The van der Waals surface area contributed by atoms with Crippen LogP contribution in [0, 0.1) is 11.7 Å². The second-order valence-electron chi connectivity index (χ2n) is 8.86. The Balaban J connectivity index is 1.49. The van der Waals surface area contributed by atoms with Crippen molar-refractivity contribution in [2.24, 2.45) is 5.92 Å². The molecule has 12 heteroatoms. The van der Waals surface area contributed by atoms with E-state index in [1.165, 1.54) is 24.1 Å². The monoisotopic (exact) mass is 516 g/mol. The fourth-order valence-corrected chi connectivity index (χ4v) is 4.89. The van der Waals surface area contributed by atoms with Gasteiger partial charge in [-0.3, -0.25) is 9.48 Å². The topological polar surface area (TPSA) is 76.5 Å². The van der Waals surface area contributed by atoms with E-state index in [4.69, 9.17) is 16.3 Å². The quantitative estimate of drug-likeness (QED) is 0.478. The van der Waals surface area contributed by atoms with Crippen molar-refractivity contribution in [3.05, 3.63) is 51.6 Å². The molecule has 0 saturated heterocycles. The molecule has 0 atom stereocenters. The first kappa shape index (κ1) is 25.3. The Hall–Kier alpha value is -2.82. The third-order valence-corrected chi connectivity index (χ3v) is 6.85. The van der Waals surface area contributed by atoms with Crippen molar-refractivity contribution in [2.75, 3.05) is 13.7 Å². The van der Waals surface area contributed by atoms with E-state index in [2.05, 4.69) is 10.4 Å². The molecule has 4 rings (SSSR count). The first-order valence-corrected chi connectivity index (χ1v) is 11.7. The van der Waals surface area contributed by atoms with Gasteiger partial charge in [0.2, 0.25) is 0 Å². The number of nitrogens with zero attached hydrogens (tertiary/aromatic N) is 3. The van der Waals surface area contributed by atoms with Gasteiger partial charge in [-0.25, -0.2) is 9.18 Å². The smallest absolute Gasteiger partial charge is 0.435 e. The van der Waals surface area contributed by atoms with Gasteiger partial charge < -0.3 is 15.0 Å². The van der Waals surface area contributed by atoms with Crippen molar-refractivity contribution in [1.82, 2.24) is 20.0 Å². The lowest BCUT2D eigenvalue weighted by Crippen LogP contribution is -2.48. The molecule has 1 aromatic heterocycles. The largest absolute Gasteiger partial charge is 0.469 e. The normalized spacial score (nSPS) is 20.3. The number of aromatic nitrogens is 2. The van der Waals surface area contributed by atoms with Crippen LogP contribution in [-0.2, 0) is 35.2 Å². The SMILES string of the molecule is COC(=O)[C@H]1CC[C@H](NC(=O)N2CCc3c(C(F)(F)F)nn(Cc4ccc(Cl)cc4F)c3C2)CC1. The van der Waals surface area contributed by atoms with E-state index >= 15 is 0 Å².